The van der Waals surface area contributed by atoms with Crippen molar-refractivity contribution in [1.82, 2.24) is 5.32 Å². The first-order valence-corrected chi connectivity index (χ1v) is 4.70. The highest BCUT2D eigenvalue weighted by Gasteiger charge is 2.11. The van der Waals surface area contributed by atoms with Crippen LogP contribution in [0, 0.1) is 0 Å². The van der Waals surface area contributed by atoms with E-state index in [0.29, 0.717) is 11.4 Å². The van der Waals surface area contributed by atoms with Crippen LogP contribution in [0.15, 0.2) is 23.0 Å². The summed E-state index contributed by atoms with van der Waals surface area (Å²) < 4.78 is 4.79. The molecule has 0 saturated carbocycles. The predicted octanol–water partition coefficient (Wildman–Crippen LogP) is 2.03. The summed E-state index contributed by atoms with van der Waals surface area (Å²) >= 11 is 5.63. The lowest BCUT2D eigenvalue weighted by molar-refractivity contribution is 0.0939. The normalized spacial score (nSPS) is 12.5. The second kappa shape index (κ2) is 4.92. The van der Waals surface area contributed by atoms with Crippen molar-refractivity contribution >= 4 is 17.5 Å². The van der Waals surface area contributed by atoms with Crippen LogP contribution in [0.4, 0.5) is 0 Å². The predicted molar refractivity (Wildman–Crippen MR) is 51.0 cm³/mol. The fourth-order valence-corrected chi connectivity index (χ4v) is 1.21. The molecule has 4 heteroatoms. The second-order valence-electron chi connectivity index (χ2n) is 2.74. The molecular weight excluding hydrogens is 190 g/mol. The van der Waals surface area contributed by atoms with Gasteiger partial charge in [0.25, 0.3) is 5.91 Å². The van der Waals surface area contributed by atoms with E-state index in [1.54, 1.807) is 6.07 Å². The van der Waals surface area contributed by atoms with Crippen LogP contribution < -0.4 is 5.32 Å². The molecular formula is C9H12ClNO2. The van der Waals surface area contributed by atoms with Gasteiger partial charge in [-0.1, -0.05) is 6.92 Å². The minimum Gasteiger partial charge on any atom is -0.472 e. The molecule has 1 rings (SSSR count). The highest BCUT2D eigenvalue weighted by Crippen LogP contribution is 2.01. The SMILES string of the molecule is CCC(CCl)NC(=O)c1ccoc1. The Balaban J connectivity index is 2.50. The van der Waals surface area contributed by atoms with Gasteiger partial charge in [-0.2, -0.15) is 0 Å². The first-order chi connectivity index (χ1) is 6.27. The number of hydrogen-bond donors (Lipinski definition) is 1. The Morgan fingerprint density at radius 3 is 3.00 bits per heavy atom. The number of rotatable bonds is 4. The molecule has 1 aromatic heterocycles. The van der Waals surface area contributed by atoms with Crippen molar-refractivity contribution in [3.63, 3.8) is 0 Å². The van der Waals surface area contributed by atoms with Crippen molar-refractivity contribution in [2.45, 2.75) is 19.4 Å². The van der Waals surface area contributed by atoms with E-state index in [1.165, 1.54) is 12.5 Å². The van der Waals surface area contributed by atoms with Crippen LogP contribution in [-0.2, 0) is 0 Å². The molecule has 0 fully saturated rings. The minimum atomic E-state index is -0.138. The number of furan rings is 1. The second-order valence-corrected chi connectivity index (χ2v) is 3.05. The number of amides is 1. The molecule has 72 valence electrons. The Kier molecular flexibility index (Phi) is 3.83. The molecule has 3 nitrogen and oxygen atoms in total. The largest absolute Gasteiger partial charge is 0.472 e. The molecule has 1 aromatic rings. The summed E-state index contributed by atoms with van der Waals surface area (Å²) in [6, 6.07) is 1.65. The maximum Gasteiger partial charge on any atom is 0.254 e. The molecule has 0 aliphatic heterocycles. The van der Waals surface area contributed by atoms with E-state index in [9.17, 15) is 4.79 Å². The average molecular weight is 202 g/mol. The molecule has 0 spiro atoms. The Labute approximate surface area is 82.1 Å². The molecule has 1 amide bonds. The average Bonchev–Trinajstić information content (AvgIpc) is 2.66. The zero-order chi connectivity index (χ0) is 9.68. The van der Waals surface area contributed by atoms with Crippen LogP contribution >= 0.6 is 11.6 Å². The van der Waals surface area contributed by atoms with Crippen LogP contribution in [0.25, 0.3) is 0 Å². The van der Waals surface area contributed by atoms with Crippen molar-refractivity contribution in [2.24, 2.45) is 0 Å². The number of carbonyl (C=O) groups excluding carboxylic acids is 1. The quantitative estimate of drug-likeness (QED) is 0.758. The molecule has 1 atom stereocenters. The van der Waals surface area contributed by atoms with Crippen molar-refractivity contribution in [3.05, 3.63) is 24.2 Å². The standard InChI is InChI=1S/C9H12ClNO2/c1-2-8(5-10)11-9(12)7-3-4-13-6-7/h3-4,6,8H,2,5H2,1H3,(H,11,12). The third kappa shape index (κ3) is 2.77. The zero-order valence-electron chi connectivity index (χ0n) is 7.42. The van der Waals surface area contributed by atoms with Gasteiger partial charge in [0.2, 0.25) is 0 Å². The number of carbonyl (C=O) groups is 1. The number of hydrogen-bond acceptors (Lipinski definition) is 2. The van der Waals surface area contributed by atoms with Crippen LogP contribution in [0.5, 0.6) is 0 Å². The Morgan fingerprint density at radius 2 is 2.54 bits per heavy atom. The fraction of sp³-hybridized carbons (Fsp3) is 0.444. The third-order valence-corrected chi connectivity index (χ3v) is 2.17. The van der Waals surface area contributed by atoms with Gasteiger partial charge in [-0.25, -0.2) is 0 Å². The first-order valence-electron chi connectivity index (χ1n) is 4.17. The van der Waals surface area contributed by atoms with E-state index in [2.05, 4.69) is 5.32 Å². The van der Waals surface area contributed by atoms with Gasteiger partial charge in [-0.05, 0) is 12.5 Å². The van der Waals surface area contributed by atoms with Gasteiger partial charge in [0.1, 0.15) is 6.26 Å². The van der Waals surface area contributed by atoms with Crippen LogP contribution in [0.2, 0.25) is 0 Å². The molecule has 13 heavy (non-hydrogen) atoms. The van der Waals surface area contributed by atoms with Crippen molar-refractivity contribution < 1.29 is 9.21 Å². The number of nitrogens with one attached hydrogen (secondary N) is 1. The summed E-state index contributed by atoms with van der Waals surface area (Å²) in [4.78, 5) is 11.4. The molecule has 0 aliphatic rings. The summed E-state index contributed by atoms with van der Waals surface area (Å²) in [7, 11) is 0. The van der Waals surface area contributed by atoms with E-state index in [1.807, 2.05) is 6.92 Å². The van der Waals surface area contributed by atoms with Gasteiger partial charge in [0, 0.05) is 11.9 Å². The number of alkyl halides is 1. The van der Waals surface area contributed by atoms with Gasteiger partial charge in [0.15, 0.2) is 0 Å². The maximum absolute atomic E-state index is 11.4. The van der Waals surface area contributed by atoms with Crippen molar-refractivity contribution in [3.8, 4) is 0 Å². The summed E-state index contributed by atoms with van der Waals surface area (Å²) in [6.45, 7) is 1.97. The van der Waals surface area contributed by atoms with E-state index in [0.717, 1.165) is 6.42 Å². The summed E-state index contributed by atoms with van der Waals surface area (Å²) in [5.41, 5.74) is 0.531. The van der Waals surface area contributed by atoms with Crippen molar-refractivity contribution in [1.29, 1.82) is 0 Å². The van der Waals surface area contributed by atoms with E-state index in [4.69, 9.17) is 16.0 Å². The molecule has 0 saturated heterocycles. The smallest absolute Gasteiger partial charge is 0.254 e. The van der Waals surface area contributed by atoms with Gasteiger partial charge in [-0.15, -0.1) is 11.6 Å². The number of halogens is 1. The minimum absolute atomic E-state index is 0.0315. The molecule has 1 heterocycles. The van der Waals surface area contributed by atoms with Crippen LogP contribution in [0.3, 0.4) is 0 Å². The third-order valence-electron chi connectivity index (χ3n) is 1.80. The highest BCUT2D eigenvalue weighted by molar-refractivity contribution is 6.18. The van der Waals surface area contributed by atoms with E-state index >= 15 is 0 Å². The lowest BCUT2D eigenvalue weighted by Crippen LogP contribution is -2.35. The molecule has 1 N–H and O–H groups in total. The first kappa shape index (κ1) is 10.1. The monoisotopic (exact) mass is 201 g/mol. The maximum atomic E-state index is 11.4. The molecule has 0 radical (unpaired) electrons. The fourth-order valence-electron chi connectivity index (χ4n) is 0.912. The molecule has 0 bridgehead atoms. The van der Waals surface area contributed by atoms with Crippen LogP contribution in [-0.4, -0.2) is 17.8 Å². The Hall–Kier alpha value is -0.960. The van der Waals surface area contributed by atoms with Crippen LogP contribution in [0.1, 0.15) is 23.7 Å². The molecule has 0 aliphatic carbocycles. The van der Waals surface area contributed by atoms with Gasteiger partial charge >= 0.3 is 0 Å². The summed E-state index contributed by atoms with van der Waals surface area (Å²) in [5.74, 6) is 0.293. The highest BCUT2D eigenvalue weighted by atomic mass is 35.5. The molecule has 0 aromatic carbocycles. The van der Waals surface area contributed by atoms with Gasteiger partial charge in [-0.3, -0.25) is 4.79 Å². The molecule has 1 unspecified atom stereocenters. The van der Waals surface area contributed by atoms with Gasteiger partial charge < -0.3 is 9.73 Å². The van der Waals surface area contributed by atoms with Crippen molar-refractivity contribution in [2.75, 3.05) is 5.88 Å². The zero-order valence-corrected chi connectivity index (χ0v) is 8.17. The van der Waals surface area contributed by atoms with E-state index < -0.39 is 0 Å². The summed E-state index contributed by atoms with van der Waals surface area (Å²) in [6.07, 6.45) is 3.71. The van der Waals surface area contributed by atoms with E-state index in [-0.39, 0.29) is 11.9 Å². The Bertz CT molecular complexity index is 255. The Morgan fingerprint density at radius 1 is 1.77 bits per heavy atom. The lowest BCUT2D eigenvalue weighted by Gasteiger charge is -2.12. The van der Waals surface area contributed by atoms with Gasteiger partial charge in [0.05, 0.1) is 11.8 Å². The topological polar surface area (TPSA) is 42.2 Å². The lowest BCUT2D eigenvalue weighted by atomic mass is 10.2. The summed E-state index contributed by atoms with van der Waals surface area (Å²) in [5, 5.41) is 2.79.